The van der Waals surface area contributed by atoms with Gasteiger partial charge in [0, 0.05) is 10.8 Å². The molecule has 10 aromatic rings. The number of fused-ring (bicyclic) bond motifs is 9. The van der Waals surface area contributed by atoms with E-state index in [0.29, 0.717) is 0 Å². The van der Waals surface area contributed by atoms with Gasteiger partial charge in [0.15, 0.2) is 0 Å². The van der Waals surface area contributed by atoms with Crippen molar-refractivity contribution in [2.75, 3.05) is 0 Å². The molecule has 1 aromatic heterocycles. The molecule has 1 nitrogen and oxygen atoms in total. The van der Waals surface area contributed by atoms with Crippen molar-refractivity contribution in [1.82, 2.24) is 0 Å². The summed E-state index contributed by atoms with van der Waals surface area (Å²) in [6.07, 6.45) is 0. The SMILES string of the molecule is [2H]c1cc(-c2c([2H])c([2H])c3c([2H])c(-c4c5c([2H])c([2H])c([2H])c([2H])c5c([2H])c5c4c([2H])c([2H])c4c([2H])c([2H])c([2H])c([2H])c45)c([2H])c([2H])c3c2[2H])c2c(oc3c([2H])c4c([2H])c([2H])c([2H])c([2H])c4c([2H])c32)c1[2H]. The van der Waals surface area contributed by atoms with Crippen LogP contribution in [0.3, 0.4) is 0 Å². The van der Waals surface area contributed by atoms with E-state index in [-0.39, 0.29) is 21.7 Å². The van der Waals surface area contributed by atoms with E-state index in [9.17, 15) is 12.3 Å². The molecule has 0 saturated heterocycles. The minimum absolute atomic E-state index is 0.271. The Bertz CT molecular complexity index is 4230. The highest BCUT2D eigenvalue weighted by Gasteiger charge is 2.15. The first-order chi connectivity index (χ1) is 32.7. The number of hydrogen-bond donors (Lipinski definition) is 0. The second-order valence-electron chi connectivity index (χ2n) is 10.1. The third kappa shape index (κ3) is 3.68. The summed E-state index contributed by atoms with van der Waals surface area (Å²) in [7, 11) is 0. The highest BCUT2D eigenvalue weighted by molar-refractivity contribution is 6.21. The molecule has 0 aliphatic rings. The molecular formula is C44H26O. The van der Waals surface area contributed by atoms with E-state index in [2.05, 4.69) is 0 Å². The second-order valence-corrected chi connectivity index (χ2v) is 10.1. The van der Waals surface area contributed by atoms with Gasteiger partial charge in [0.05, 0.1) is 34.3 Å². The van der Waals surface area contributed by atoms with E-state index in [0.717, 1.165) is 6.07 Å². The summed E-state index contributed by atoms with van der Waals surface area (Å²) in [5.74, 6) is 0. The molecule has 0 aliphatic carbocycles. The molecule has 0 radical (unpaired) electrons. The van der Waals surface area contributed by atoms with Gasteiger partial charge in [-0.3, -0.25) is 0 Å². The lowest BCUT2D eigenvalue weighted by atomic mass is 9.89. The Balaban J connectivity index is 1.41. The molecule has 45 heavy (non-hydrogen) atoms. The second kappa shape index (κ2) is 9.29. The largest absolute Gasteiger partial charge is 0.456 e. The average Bonchev–Trinajstić information content (AvgIpc) is 3.74. The summed E-state index contributed by atoms with van der Waals surface area (Å²) in [6, 6.07) is -18.5. The Morgan fingerprint density at radius 1 is 0.378 bits per heavy atom. The highest BCUT2D eigenvalue weighted by atomic mass is 16.3. The quantitative estimate of drug-likeness (QED) is 0.143. The number of rotatable bonds is 2. The van der Waals surface area contributed by atoms with Gasteiger partial charge < -0.3 is 4.42 Å². The summed E-state index contributed by atoms with van der Waals surface area (Å²) >= 11 is 0. The Hall–Kier alpha value is -5.92. The molecule has 0 unspecified atom stereocenters. The Labute approximate surface area is 294 Å². The fraction of sp³-hybridized carbons (Fsp3) is 0. The zero-order chi connectivity index (χ0) is 51.2. The molecule has 0 spiro atoms. The van der Waals surface area contributed by atoms with E-state index < -0.39 is 227 Å². The molecule has 208 valence electrons. The van der Waals surface area contributed by atoms with Gasteiger partial charge in [0.1, 0.15) is 11.2 Å². The predicted octanol–water partition coefficient (Wildman–Crippen LogP) is 12.7. The van der Waals surface area contributed by atoms with Gasteiger partial charge in [-0.1, -0.05) is 121 Å². The van der Waals surface area contributed by atoms with Crippen molar-refractivity contribution >= 4 is 75.8 Å². The van der Waals surface area contributed by atoms with Crippen LogP contribution >= 0.6 is 0 Å². The first-order valence-corrected chi connectivity index (χ1v) is 13.5. The van der Waals surface area contributed by atoms with Crippen LogP contribution in [0.5, 0.6) is 0 Å². The van der Waals surface area contributed by atoms with Crippen molar-refractivity contribution in [3.63, 3.8) is 0 Å². The summed E-state index contributed by atoms with van der Waals surface area (Å²) in [4.78, 5) is 0. The van der Waals surface area contributed by atoms with Gasteiger partial charge >= 0.3 is 0 Å². The molecular weight excluding hydrogens is 544 g/mol. The molecule has 0 aliphatic heterocycles. The van der Waals surface area contributed by atoms with Crippen molar-refractivity contribution in [2.45, 2.75) is 0 Å². The van der Waals surface area contributed by atoms with Crippen LogP contribution in [0.4, 0.5) is 0 Å². The van der Waals surface area contributed by atoms with E-state index in [1.165, 1.54) is 0 Å². The molecule has 0 amide bonds. The number of benzene rings is 9. The Kier molecular flexibility index (Phi) is 2.19. The Morgan fingerprint density at radius 3 is 1.84 bits per heavy atom. The lowest BCUT2D eigenvalue weighted by Crippen LogP contribution is -1.88. The summed E-state index contributed by atoms with van der Waals surface area (Å²) < 4.78 is 230. The zero-order valence-corrected chi connectivity index (χ0v) is 22.5. The highest BCUT2D eigenvalue weighted by Crippen LogP contribution is 2.42. The fourth-order valence-electron chi connectivity index (χ4n) is 5.61. The topological polar surface area (TPSA) is 13.1 Å². The van der Waals surface area contributed by atoms with Gasteiger partial charge in [-0.15, -0.1) is 0 Å². The molecule has 0 saturated carbocycles. The molecule has 0 N–H and O–H groups in total. The molecule has 0 atom stereocenters. The van der Waals surface area contributed by atoms with E-state index in [4.69, 9.17) is 26.3 Å². The molecule has 0 bridgehead atoms. The van der Waals surface area contributed by atoms with Crippen LogP contribution in [0, 0.1) is 0 Å². The maximum atomic E-state index is 9.71. The number of hydrogen-bond acceptors (Lipinski definition) is 1. The van der Waals surface area contributed by atoms with Crippen molar-refractivity contribution in [1.29, 1.82) is 0 Å². The van der Waals surface area contributed by atoms with Crippen molar-refractivity contribution in [3.8, 4) is 22.3 Å². The van der Waals surface area contributed by atoms with Crippen molar-refractivity contribution in [2.24, 2.45) is 0 Å². The van der Waals surface area contributed by atoms with E-state index in [1.807, 2.05) is 0 Å². The predicted molar refractivity (Wildman–Crippen MR) is 192 cm³/mol. The molecule has 10 rings (SSSR count). The van der Waals surface area contributed by atoms with Crippen molar-refractivity contribution < 1.29 is 38.7 Å². The molecule has 1 heterocycles. The third-order valence-electron chi connectivity index (χ3n) is 7.59. The standard InChI is InChI=1S/C44H26O/c1-2-10-29-26-42-40(24-28(29)9-1)44-37(14-7-15-41(44)45-42)33-18-16-31-23-34(19-17-30(31)22-33)43-36-13-6-4-11-32(36)25-39-35-12-5-3-8-27(35)20-21-38(39)43/h1-26H/i1D,2D,3D,4D,5D,6D,7D,8D,9D,10D,11D,12D,13D,15D,16D,17D,18D,19D,20D,21D,22D,23D,24D,25D,26D. The summed E-state index contributed by atoms with van der Waals surface area (Å²) in [6.45, 7) is 0. The smallest absolute Gasteiger partial charge is 0.136 e. The molecule has 0 fully saturated rings. The molecule has 1 heteroatoms. The fourth-order valence-corrected chi connectivity index (χ4v) is 5.61. The minimum atomic E-state index is -0.961. The maximum absolute atomic E-state index is 9.71. The zero-order valence-electron chi connectivity index (χ0n) is 47.5. The van der Waals surface area contributed by atoms with Gasteiger partial charge in [-0.25, -0.2) is 0 Å². The van der Waals surface area contributed by atoms with Gasteiger partial charge in [0.2, 0.25) is 0 Å². The van der Waals surface area contributed by atoms with E-state index in [1.54, 1.807) is 0 Å². The van der Waals surface area contributed by atoms with Crippen LogP contribution in [-0.4, -0.2) is 0 Å². The van der Waals surface area contributed by atoms with Gasteiger partial charge in [0.25, 0.3) is 0 Å². The first-order valence-electron chi connectivity index (χ1n) is 26.0. The van der Waals surface area contributed by atoms with E-state index >= 15 is 0 Å². The van der Waals surface area contributed by atoms with Gasteiger partial charge in [-0.2, -0.15) is 0 Å². The van der Waals surface area contributed by atoms with Gasteiger partial charge in [-0.05, 0) is 112 Å². The average molecular weight is 596 g/mol. The van der Waals surface area contributed by atoms with Crippen LogP contribution in [0.2, 0.25) is 0 Å². The maximum Gasteiger partial charge on any atom is 0.136 e. The summed E-state index contributed by atoms with van der Waals surface area (Å²) in [5, 5.41) is -5.90. The lowest BCUT2D eigenvalue weighted by Gasteiger charge is -2.15. The van der Waals surface area contributed by atoms with Crippen LogP contribution in [0.25, 0.3) is 98.1 Å². The lowest BCUT2D eigenvalue weighted by molar-refractivity contribution is 0.669. The van der Waals surface area contributed by atoms with Crippen molar-refractivity contribution in [3.05, 3.63) is 157 Å². The van der Waals surface area contributed by atoms with Crippen LogP contribution in [0.15, 0.2) is 162 Å². The van der Waals surface area contributed by atoms with Crippen LogP contribution < -0.4 is 0 Å². The summed E-state index contributed by atoms with van der Waals surface area (Å²) in [5.41, 5.74) is -3.11. The monoisotopic (exact) mass is 595 g/mol. The van der Waals surface area contributed by atoms with Crippen LogP contribution in [-0.2, 0) is 0 Å². The third-order valence-corrected chi connectivity index (χ3v) is 7.59. The Morgan fingerprint density at radius 2 is 1.00 bits per heavy atom. The first kappa shape index (κ1) is 10.6. The molecule has 9 aromatic carbocycles. The van der Waals surface area contributed by atoms with Crippen LogP contribution in [0.1, 0.15) is 34.3 Å². The normalized spacial score (nSPS) is 19.8. The number of furan rings is 1. The minimum Gasteiger partial charge on any atom is -0.456 e.